The van der Waals surface area contributed by atoms with E-state index in [4.69, 9.17) is 14.2 Å². The van der Waals surface area contributed by atoms with Crippen molar-refractivity contribution in [1.82, 2.24) is 0 Å². The van der Waals surface area contributed by atoms with E-state index in [-0.39, 0.29) is 11.3 Å². The summed E-state index contributed by atoms with van der Waals surface area (Å²) < 4.78 is 16.3. The van der Waals surface area contributed by atoms with E-state index in [0.717, 1.165) is 6.42 Å². The van der Waals surface area contributed by atoms with Gasteiger partial charge in [0.05, 0.1) is 32.4 Å². The number of carbonyl (C=O) groups is 2. The largest absolute Gasteiger partial charge is 0.507 e. The van der Waals surface area contributed by atoms with Gasteiger partial charge in [0.15, 0.2) is 11.5 Å². The van der Waals surface area contributed by atoms with E-state index < -0.39 is 17.7 Å². The average Bonchev–Trinajstić information content (AvgIpc) is 3.17. The monoisotopic (exact) mass is 473 g/mol. The Bertz CT molecular complexity index is 1250. The fourth-order valence-electron chi connectivity index (χ4n) is 4.11. The lowest BCUT2D eigenvalue weighted by molar-refractivity contribution is -0.132. The Kier molecular flexibility index (Phi) is 7.06. The van der Waals surface area contributed by atoms with Gasteiger partial charge in [-0.15, -0.1) is 0 Å². The van der Waals surface area contributed by atoms with Crippen LogP contribution >= 0.6 is 0 Å². The second kappa shape index (κ2) is 10.3. The molecular weight excluding hydrogens is 446 g/mol. The lowest BCUT2D eigenvalue weighted by Crippen LogP contribution is -2.29. The van der Waals surface area contributed by atoms with Crippen LogP contribution in [0.3, 0.4) is 0 Å². The van der Waals surface area contributed by atoms with E-state index in [1.807, 2.05) is 13.0 Å². The zero-order valence-corrected chi connectivity index (χ0v) is 19.9. The van der Waals surface area contributed by atoms with Crippen molar-refractivity contribution in [2.45, 2.75) is 19.4 Å². The molecule has 1 amide bonds. The zero-order chi connectivity index (χ0) is 24.9. The first-order valence-electron chi connectivity index (χ1n) is 11.3. The Morgan fingerprint density at radius 3 is 2.23 bits per heavy atom. The molecule has 0 spiro atoms. The summed E-state index contributed by atoms with van der Waals surface area (Å²) in [5, 5.41) is 11.3. The van der Waals surface area contributed by atoms with Crippen molar-refractivity contribution in [3.05, 3.63) is 89.5 Å². The van der Waals surface area contributed by atoms with E-state index in [1.165, 1.54) is 19.1 Å². The van der Waals surface area contributed by atoms with Gasteiger partial charge < -0.3 is 19.3 Å². The number of Topliss-reactive ketones (excluding diaryl/α,β-unsaturated/α-hetero) is 1. The molecule has 1 saturated heterocycles. The molecule has 0 aliphatic carbocycles. The molecule has 35 heavy (non-hydrogen) atoms. The minimum atomic E-state index is -0.828. The Balaban J connectivity index is 1.87. The van der Waals surface area contributed by atoms with Crippen LogP contribution in [0.1, 0.15) is 30.5 Å². The molecule has 1 N–H and O–H groups in total. The van der Waals surface area contributed by atoms with Crippen LogP contribution in [-0.4, -0.2) is 37.6 Å². The van der Waals surface area contributed by atoms with Crippen LogP contribution in [0.5, 0.6) is 17.2 Å². The SMILES string of the molecule is CCCOc1ccc(C2/C(=C(/O)c3ccc(OC)c(OC)c3)C(=O)C(=O)N2c2ccccc2)cc1. The molecule has 0 radical (unpaired) electrons. The van der Waals surface area contributed by atoms with E-state index in [9.17, 15) is 14.7 Å². The maximum atomic E-state index is 13.3. The number of hydrogen-bond donors (Lipinski definition) is 1. The van der Waals surface area contributed by atoms with E-state index >= 15 is 0 Å². The lowest BCUT2D eigenvalue weighted by Gasteiger charge is -2.25. The topological polar surface area (TPSA) is 85.3 Å². The molecule has 1 fully saturated rings. The maximum Gasteiger partial charge on any atom is 0.300 e. The summed E-state index contributed by atoms with van der Waals surface area (Å²) in [7, 11) is 2.99. The van der Waals surface area contributed by atoms with Crippen LogP contribution in [0.15, 0.2) is 78.4 Å². The number of carbonyl (C=O) groups excluding carboxylic acids is 2. The molecule has 0 aromatic heterocycles. The molecule has 3 aromatic rings. The number of amides is 1. The highest BCUT2D eigenvalue weighted by molar-refractivity contribution is 6.51. The fourth-order valence-corrected chi connectivity index (χ4v) is 4.11. The Morgan fingerprint density at radius 1 is 0.914 bits per heavy atom. The third-order valence-corrected chi connectivity index (χ3v) is 5.80. The van der Waals surface area contributed by atoms with Crippen molar-refractivity contribution in [2.24, 2.45) is 0 Å². The third kappa shape index (κ3) is 4.57. The maximum absolute atomic E-state index is 13.3. The summed E-state index contributed by atoms with van der Waals surface area (Å²) in [6.45, 7) is 2.61. The number of aliphatic hydroxyl groups is 1. The first-order chi connectivity index (χ1) is 17.0. The van der Waals surface area contributed by atoms with Crippen molar-refractivity contribution in [3.63, 3.8) is 0 Å². The molecule has 3 aromatic carbocycles. The van der Waals surface area contributed by atoms with Crippen LogP contribution in [0, 0.1) is 0 Å². The van der Waals surface area contributed by atoms with Crippen molar-refractivity contribution >= 4 is 23.1 Å². The van der Waals surface area contributed by atoms with E-state index in [2.05, 4.69) is 0 Å². The van der Waals surface area contributed by atoms with Crippen LogP contribution in [0.4, 0.5) is 5.69 Å². The van der Waals surface area contributed by atoms with Crippen molar-refractivity contribution in [1.29, 1.82) is 0 Å². The summed E-state index contributed by atoms with van der Waals surface area (Å²) in [6, 6.07) is 20.1. The van der Waals surface area contributed by atoms with Crippen LogP contribution in [-0.2, 0) is 9.59 Å². The number of hydrogen-bond acceptors (Lipinski definition) is 6. The Labute approximate surface area is 204 Å². The molecule has 7 heteroatoms. The number of ketones is 1. The summed E-state index contributed by atoms with van der Waals surface area (Å²) in [5.41, 5.74) is 1.55. The highest BCUT2D eigenvalue weighted by atomic mass is 16.5. The molecule has 1 aliphatic rings. The fraction of sp³-hybridized carbons (Fsp3) is 0.214. The van der Waals surface area contributed by atoms with E-state index in [0.29, 0.717) is 40.7 Å². The molecule has 1 heterocycles. The molecule has 1 aliphatic heterocycles. The third-order valence-electron chi connectivity index (χ3n) is 5.80. The van der Waals surface area contributed by atoms with Crippen molar-refractivity contribution < 1.29 is 28.9 Å². The number of aliphatic hydroxyl groups excluding tert-OH is 1. The number of methoxy groups -OCH3 is 2. The summed E-state index contributed by atoms with van der Waals surface area (Å²) in [6.07, 6.45) is 0.876. The quantitative estimate of drug-likeness (QED) is 0.278. The Morgan fingerprint density at radius 2 is 1.60 bits per heavy atom. The standard InChI is InChI=1S/C28H27NO6/c1-4-16-35-21-13-10-18(11-14-21)25-24(26(30)19-12-15-22(33-2)23(17-19)34-3)27(31)28(32)29(25)20-8-6-5-7-9-20/h5-15,17,25,30H,4,16H2,1-3H3/b26-24-. The predicted octanol–water partition coefficient (Wildman–Crippen LogP) is 5.12. The van der Waals surface area contributed by atoms with Gasteiger partial charge in [-0.3, -0.25) is 14.5 Å². The first-order valence-corrected chi connectivity index (χ1v) is 11.3. The molecule has 0 bridgehead atoms. The highest BCUT2D eigenvalue weighted by Crippen LogP contribution is 2.43. The minimum absolute atomic E-state index is 0.00620. The number of nitrogens with zero attached hydrogens (tertiary/aromatic N) is 1. The van der Waals surface area contributed by atoms with Gasteiger partial charge in [0.1, 0.15) is 11.5 Å². The van der Waals surface area contributed by atoms with Gasteiger partial charge in [0, 0.05) is 11.3 Å². The molecule has 1 atom stereocenters. The van der Waals surface area contributed by atoms with Crippen molar-refractivity contribution in [2.75, 3.05) is 25.7 Å². The normalized spacial score (nSPS) is 16.9. The summed E-state index contributed by atoms with van der Waals surface area (Å²) in [4.78, 5) is 27.9. The van der Waals surface area contributed by atoms with Gasteiger partial charge in [-0.05, 0) is 54.4 Å². The van der Waals surface area contributed by atoms with Gasteiger partial charge in [0.2, 0.25) is 0 Å². The van der Waals surface area contributed by atoms with E-state index in [1.54, 1.807) is 66.7 Å². The predicted molar refractivity (Wildman–Crippen MR) is 133 cm³/mol. The zero-order valence-electron chi connectivity index (χ0n) is 19.9. The molecular formula is C28H27NO6. The Hall–Kier alpha value is -4.26. The second-order valence-corrected chi connectivity index (χ2v) is 7.99. The van der Waals surface area contributed by atoms with Gasteiger partial charge in [0.25, 0.3) is 11.7 Å². The first kappa shape index (κ1) is 23.9. The number of ether oxygens (including phenoxy) is 3. The summed E-state index contributed by atoms with van der Waals surface area (Å²) in [5.74, 6) is -0.214. The number of para-hydroxylation sites is 1. The van der Waals surface area contributed by atoms with Gasteiger partial charge in [-0.2, -0.15) is 0 Å². The number of anilines is 1. The van der Waals surface area contributed by atoms with Gasteiger partial charge in [-0.1, -0.05) is 37.3 Å². The van der Waals surface area contributed by atoms with Crippen LogP contribution in [0.25, 0.3) is 5.76 Å². The van der Waals surface area contributed by atoms with Crippen molar-refractivity contribution in [3.8, 4) is 17.2 Å². The smallest absolute Gasteiger partial charge is 0.300 e. The molecule has 0 saturated carbocycles. The molecule has 7 nitrogen and oxygen atoms in total. The van der Waals surface area contributed by atoms with Gasteiger partial charge >= 0.3 is 0 Å². The number of benzene rings is 3. The highest BCUT2D eigenvalue weighted by Gasteiger charge is 2.47. The molecule has 1 unspecified atom stereocenters. The second-order valence-electron chi connectivity index (χ2n) is 7.99. The lowest BCUT2D eigenvalue weighted by atomic mass is 9.95. The average molecular weight is 474 g/mol. The summed E-state index contributed by atoms with van der Waals surface area (Å²) >= 11 is 0. The molecule has 4 rings (SSSR count). The van der Waals surface area contributed by atoms with Gasteiger partial charge in [-0.25, -0.2) is 0 Å². The number of rotatable bonds is 8. The van der Waals surface area contributed by atoms with Crippen LogP contribution in [0.2, 0.25) is 0 Å². The molecule has 180 valence electrons. The van der Waals surface area contributed by atoms with Crippen LogP contribution < -0.4 is 19.1 Å². The minimum Gasteiger partial charge on any atom is -0.507 e.